The lowest BCUT2D eigenvalue weighted by Gasteiger charge is -2.21. The van der Waals surface area contributed by atoms with E-state index in [1.54, 1.807) is 31.3 Å². The van der Waals surface area contributed by atoms with Gasteiger partial charge in [-0.15, -0.1) is 5.10 Å². The monoisotopic (exact) mass is 343 g/mol. The molecule has 7 nitrogen and oxygen atoms in total. The van der Waals surface area contributed by atoms with E-state index in [-0.39, 0.29) is 4.90 Å². The molecule has 0 spiro atoms. The van der Waals surface area contributed by atoms with Crippen molar-refractivity contribution in [2.75, 3.05) is 11.3 Å². The largest absolute Gasteiger partial charge is 0.312 e. The number of hydrogen-bond acceptors (Lipinski definition) is 5. The van der Waals surface area contributed by atoms with Crippen LogP contribution in [0.15, 0.2) is 41.3 Å². The maximum atomic E-state index is 13.0. The summed E-state index contributed by atoms with van der Waals surface area (Å²) in [7, 11) is -2.06. The van der Waals surface area contributed by atoms with Crippen LogP contribution in [-0.2, 0) is 30.0 Å². The summed E-state index contributed by atoms with van der Waals surface area (Å²) in [6.07, 6.45) is 0.895. The van der Waals surface area contributed by atoms with Gasteiger partial charge in [0.2, 0.25) is 0 Å². The molecule has 0 fully saturated rings. The predicted octanol–water partition coefficient (Wildman–Crippen LogP) is 1.41. The van der Waals surface area contributed by atoms with E-state index in [2.05, 4.69) is 20.4 Å². The standard InChI is InChI=1S/C16H17N5O2S/c1-21-16-14(18-20-21)6-3-7-15(16)24(22,23)19-13-5-2-4-11-8-9-17-10-12(11)13/h2-7,17,19H,8-10H2,1H3. The van der Waals surface area contributed by atoms with Gasteiger partial charge in [-0.2, -0.15) is 0 Å². The topological polar surface area (TPSA) is 88.9 Å². The molecular weight excluding hydrogens is 326 g/mol. The Hall–Kier alpha value is -2.45. The van der Waals surface area contributed by atoms with Crippen molar-refractivity contribution in [2.24, 2.45) is 7.05 Å². The Morgan fingerprint density at radius 2 is 2.04 bits per heavy atom. The Bertz CT molecular complexity index is 1030. The van der Waals surface area contributed by atoms with E-state index in [0.29, 0.717) is 23.3 Å². The van der Waals surface area contributed by atoms with Crippen molar-refractivity contribution in [3.05, 3.63) is 47.5 Å². The lowest BCUT2D eigenvalue weighted by Crippen LogP contribution is -2.25. The molecule has 1 aromatic heterocycles. The minimum absolute atomic E-state index is 0.175. The second kappa shape index (κ2) is 5.57. The first-order valence-corrected chi connectivity index (χ1v) is 9.17. The van der Waals surface area contributed by atoms with Crippen LogP contribution < -0.4 is 10.0 Å². The summed E-state index contributed by atoms with van der Waals surface area (Å²) in [6.45, 7) is 1.56. The average Bonchev–Trinajstić information content (AvgIpc) is 2.96. The van der Waals surface area contributed by atoms with Crippen molar-refractivity contribution in [1.29, 1.82) is 0 Å². The zero-order valence-corrected chi connectivity index (χ0v) is 14.0. The number of para-hydroxylation sites is 1. The maximum Gasteiger partial charge on any atom is 0.264 e. The molecule has 2 heterocycles. The summed E-state index contributed by atoms with van der Waals surface area (Å²) in [5.41, 5.74) is 3.84. The first-order valence-electron chi connectivity index (χ1n) is 7.69. The zero-order valence-electron chi connectivity index (χ0n) is 13.2. The van der Waals surface area contributed by atoms with Crippen molar-refractivity contribution in [1.82, 2.24) is 20.3 Å². The van der Waals surface area contributed by atoms with Crippen molar-refractivity contribution in [3.63, 3.8) is 0 Å². The van der Waals surface area contributed by atoms with Gasteiger partial charge in [0.05, 0.1) is 5.69 Å². The van der Waals surface area contributed by atoms with E-state index in [1.807, 2.05) is 12.1 Å². The van der Waals surface area contributed by atoms with E-state index in [1.165, 1.54) is 10.2 Å². The van der Waals surface area contributed by atoms with E-state index in [0.717, 1.165) is 18.5 Å². The average molecular weight is 343 g/mol. The Labute approximate surface area is 139 Å². The highest BCUT2D eigenvalue weighted by Gasteiger charge is 2.22. The molecule has 1 aliphatic rings. The fraction of sp³-hybridized carbons (Fsp3) is 0.250. The summed E-state index contributed by atoms with van der Waals surface area (Å²) in [5.74, 6) is 0. The second-order valence-electron chi connectivity index (χ2n) is 5.81. The predicted molar refractivity (Wildman–Crippen MR) is 91.2 cm³/mol. The number of benzene rings is 2. The normalized spacial score (nSPS) is 14.5. The van der Waals surface area contributed by atoms with E-state index >= 15 is 0 Å². The van der Waals surface area contributed by atoms with Crippen LogP contribution in [0.3, 0.4) is 0 Å². The molecule has 0 saturated carbocycles. The summed E-state index contributed by atoms with van der Waals surface area (Å²) >= 11 is 0. The molecule has 0 bridgehead atoms. The molecule has 0 amide bonds. The van der Waals surface area contributed by atoms with E-state index < -0.39 is 10.0 Å². The summed E-state index contributed by atoms with van der Waals surface area (Å²) in [6, 6.07) is 10.7. The van der Waals surface area contributed by atoms with Crippen LogP contribution in [0.1, 0.15) is 11.1 Å². The van der Waals surface area contributed by atoms with Crippen LogP contribution in [-0.4, -0.2) is 30.0 Å². The Balaban J connectivity index is 1.80. The van der Waals surface area contributed by atoms with Crippen LogP contribution in [0.25, 0.3) is 11.0 Å². The lowest BCUT2D eigenvalue weighted by atomic mass is 10.00. The van der Waals surface area contributed by atoms with Crippen LogP contribution in [0.4, 0.5) is 5.69 Å². The quantitative estimate of drug-likeness (QED) is 0.751. The van der Waals surface area contributed by atoms with Gasteiger partial charge in [0.15, 0.2) is 0 Å². The molecule has 0 atom stereocenters. The number of fused-ring (bicyclic) bond motifs is 2. The highest BCUT2D eigenvalue weighted by atomic mass is 32.2. The van der Waals surface area contributed by atoms with Gasteiger partial charge in [-0.1, -0.05) is 23.4 Å². The number of nitrogens with zero attached hydrogens (tertiary/aromatic N) is 3. The van der Waals surface area contributed by atoms with Gasteiger partial charge in [-0.05, 0) is 42.3 Å². The molecule has 2 aromatic carbocycles. The van der Waals surface area contributed by atoms with Gasteiger partial charge >= 0.3 is 0 Å². The zero-order chi connectivity index (χ0) is 16.7. The molecule has 0 unspecified atom stereocenters. The van der Waals surface area contributed by atoms with Gasteiger partial charge in [-0.3, -0.25) is 4.72 Å². The third kappa shape index (κ3) is 2.44. The molecule has 0 radical (unpaired) electrons. The van der Waals surface area contributed by atoms with Gasteiger partial charge in [0.1, 0.15) is 15.9 Å². The molecule has 3 aromatic rings. The highest BCUT2D eigenvalue weighted by molar-refractivity contribution is 7.93. The number of hydrogen-bond donors (Lipinski definition) is 2. The second-order valence-corrected chi connectivity index (χ2v) is 7.46. The van der Waals surface area contributed by atoms with Gasteiger partial charge in [0.25, 0.3) is 10.0 Å². The minimum Gasteiger partial charge on any atom is -0.312 e. The smallest absolute Gasteiger partial charge is 0.264 e. The Kier molecular flexibility index (Phi) is 3.50. The highest BCUT2D eigenvalue weighted by Crippen LogP contribution is 2.27. The van der Waals surface area contributed by atoms with Crippen molar-refractivity contribution >= 4 is 26.7 Å². The molecule has 0 aliphatic carbocycles. The molecule has 24 heavy (non-hydrogen) atoms. The summed E-state index contributed by atoms with van der Waals surface area (Å²) < 4.78 is 30.1. The number of sulfonamides is 1. The molecule has 1 aliphatic heterocycles. The van der Waals surface area contributed by atoms with Gasteiger partial charge < -0.3 is 5.32 Å². The number of aromatic nitrogens is 3. The minimum atomic E-state index is -3.74. The number of rotatable bonds is 3. The van der Waals surface area contributed by atoms with Crippen molar-refractivity contribution in [3.8, 4) is 0 Å². The third-order valence-electron chi connectivity index (χ3n) is 4.27. The van der Waals surface area contributed by atoms with E-state index in [9.17, 15) is 8.42 Å². The van der Waals surface area contributed by atoms with Gasteiger partial charge in [0, 0.05) is 13.6 Å². The Morgan fingerprint density at radius 1 is 1.21 bits per heavy atom. The molecule has 2 N–H and O–H groups in total. The van der Waals surface area contributed by atoms with Crippen LogP contribution in [0.5, 0.6) is 0 Å². The van der Waals surface area contributed by atoms with Gasteiger partial charge in [-0.25, -0.2) is 13.1 Å². The lowest BCUT2D eigenvalue weighted by molar-refractivity contribution is 0.600. The van der Waals surface area contributed by atoms with Crippen LogP contribution in [0, 0.1) is 0 Å². The fourth-order valence-electron chi connectivity index (χ4n) is 3.10. The first kappa shape index (κ1) is 15.1. The van der Waals surface area contributed by atoms with E-state index in [4.69, 9.17) is 0 Å². The SMILES string of the molecule is Cn1nnc2cccc(S(=O)(=O)Nc3cccc4c3CNCC4)c21. The first-order chi connectivity index (χ1) is 11.6. The Morgan fingerprint density at radius 3 is 2.92 bits per heavy atom. The van der Waals surface area contributed by atoms with Crippen LogP contribution in [0.2, 0.25) is 0 Å². The van der Waals surface area contributed by atoms with Crippen molar-refractivity contribution < 1.29 is 8.42 Å². The number of aryl methyl sites for hydroxylation is 1. The maximum absolute atomic E-state index is 13.0. The molecule has 8 heteroatoms. The van der Waals surface area contributed by atoms with Crippen LogP contribution >= 0.6 is 0 Å². The molecular formula is C16H17N5O2S. The molecule has 124 valence electrons. The molecule has 4 rings (SSSR count). The fourth-order valence-corrected chi connectivity index (χ4v) is 4.44. The summed E-state index contributed by atoms with van der Waals surface area (Å²) in [5, 5.41) is 11.2. The summed E-state index contributed by atoms with van der Waals surface area (Å²) in [4.78, 5) is 0.175. The number of nitrogens with one attached hydrogen (secondary N) is 2. The van der Waals surface area contributed by atoms with Crippen molar-refractivity contribution in [2.45, 2.75) is 17.9 Å². The third-order valence-corrected chi connectivity index (χ3v) is 5.66. The molecule has 0 saturated heterocycles. The number of anilines is 1.